The van der Waals surface area contributed by atoms with E-state index in [2.05, 4.69) is 27.6 Å². The van der Waals surface area contributed by atoms with E-state index in [1.807, 2.05) is 0 Å². The minimum absolute atomic E-state index is 0.0781. The summed E-state index contributed by atoms with van der Waals surface area (Å²) in [5, 5.41) is 0. The van der Waals surface area contributed by atoms with Crippen LogP contribution in [-0.4, -0.2) is 9.97 Å². The van der Waals surface area contributed by atoms with Gasteiger partial charge in [-0.2, -0.15) is 0 Å². The highest BCUT2D eigenvalue weighted by atomic mass is 127. The van der Waals surface area contributed by atoms with Crippen molar-refractivity contribution in [2.45, 2.75) is 63.2 Å². The van der Waals surface area contributed by atoms with E-state index in [1.54, 1.807) is 0 Å². The van der Waals surface area contributed by atoms with Gasteiger partial charge in [-0.1, -0.05) is 25.7 Å². The standard InChI is InChI=1S/C14H19IN2O/c15-11-12(9-5-1-2-6-9)16-13(17-14(11)18)10-7-3-4-8-10/h9-10H,1-8H2,(H,16,17,18). The molecule has 0 atom stereocenters. The van der Waals surface area contributed by atoms with Crippen molar-refractivity contribution >= 4 is 22.6 Å². The molecule has 2 fully saturated rings. The van der Waals surface area contributed by atoms with Gasteiger partial charge >= 0.3 is 0 Å². The predicted molar refractivity (Wildman–Crippen MR) is 80.0 cm³/mol. The fraction of sp³-hybridized carbons (Fsp3) is 0.714. The Morgan fingerprint density at radius 1 is 1.00 bits per heavy atom. The van der Waals surface area contributed by atoms with Gasteiger partial charge in [0.25, 0.3) is 5.56 Å². The highest BCUT2D eigenvalue weighted by molar-refractivity contribution is 14.1. The van der Waals surface area contributed by atoms with Gasteiger partial charge in [0.15, 0.2) is 0 Å². The number of hydrogen-bond acceptors (Lipinski definition) is 2. The van der Waals surface area contributed by atoms with E-state index in [1.165, 1.54) is 51.4 Å². The Morgan fingerprint density at radius 3 is 2.17 bits per heavy atom. The maximum absolute atomic E-state index is 12.1. The predicted octanol–water partition coefficient (Wildman–Crippen LogP) is 3.69. The molecule has 18 heavy (non-hydrogen) atoms. The third-order valence-corrected chi connectivity index (χ3v) is 5.43. The number of nitrogens with one attached hydrogen (secondary N) is 1. The largest absolute Gasteiger partial charge is 0.309 e. The fourth-order valence-corrected chi connectivity index (χ4v) is 4.05. The van der Waals surface area contributed by atoms with Gasteiger partial charge in [0.1, 0.15) is 5.82 Å². The summed E-state index contributed by atoms with van der Waals surface area (Å²) in [5.41, 5.74) is 1.16. The topological polar surface area (TPSA) is 45.8 Å². The van der Waals surface area contributed by atoms with Gasteiger partial charge in [-0.25, -0.2) is 4.98 Å². The molecule has 0 amide bonds. The van der Waals surface area contributed by atoms with E-state index in [-0.39, 0.29) is 5.56 Å². The van der Waals surface area contributed by atoms with Crippen molar-refractivity contribution in [3.63, 3.8) is 0 Å². The second-order valence-electron chi connectivity index (χ2n) is 5.61. The molecule has 1 aromatic heterocycles. The zero-order valence-corrected chi connectivity index (χ0v) is 12.7. The van der Waals surface area contributed by atoms with Crippen LogP contribution in [0.2, 0.25) is 0 Å². The molecule has 0 aliphatic heterocycles. The van der Waals surface area contributed by atoms with Crippen LogP contribution in [0.15, 0.2) is 4.79 Å². The Morgan fingerprint density at radius 2 is 1.56 bits per heavy atom. The van der Waals surface area contributed by atoms with Gasteiger partial charge in [0.05, 0.1) is 9.26 Å². The summed E-state index contributed by atoms with van der Waals surface area (Å²) in [6.07, 6.45) is 9.91. The van der Waals surface area contributed by atoms with Gasteiger partial charge in [-0.15, -0.1) is 0 Å². The monoisotopic (exact) mass is 358 g/mol. The highest BCUT2D eigenvalue weighted by Gasteiger charge is 2.26. The van der Waals surface area contributed by atoms with Crippen molar-refractivity contribution in [2.75, 3.05) is 0 Å². The Kier molecular flexibility index (Phi) is 3.73. The number of halogens is 1. The maximum atomic E-state index is 12.1. The van der Waals surface area contributed by atoms with Crippen molar-refractivity contribution in [3.8, 4) is 0 Å². The van der Waals surface area contributed by atoms with Crippen LogP contribution in [0.3, 0.4) is 0 Å². The first-order valence-electron chi connectivity index (χ1n) is 7.05. The second kappa shape index (κ2) is 5.31. The maximum Gasteiger partial charge on any atom is 0.264 e. The number of nitrogens with zero attached hydrogens (tertiary/aromatic N) is 1. The third-order valence-electron chi connectivity index (χ3n) is 4.39. The molecule has 1 aromatic rings. The fourth-order valence-electron chi connectivity index (χ4n) is 3.36. The van der Waals surface area contributed by atoms with Crippen molar-refractivity contribution in [3.05, 3.63) is 25.4 Å². The van der Waals surface area contributed by atoms with E-state index in [0.29, 0.717) is 11.8 Å². The van der Waals surface area contributed by atoms with Gasteiger partial charge in [0.2, 0.25) is 0 Å². The molecule has 1 heterocycles. The number of H-pyrrole nitrogens is 1. The Hall–Kier alpha value is -0.390. The summed E-state index contributed by atoms with van der Waals surface area (Å²) in [7, 11) is 0. The lowest BCUT2D eigenvalue weighted by atomic mass is 10.0. The Labute approximate surface area is 121 Å². The molecule has 3 rings (SSSR count). The van der Waals surface area contributed by atoms with Gasteiger partial charge in [-0.3, -0.25) is 4.79 Å². The van der Waals surface area contributed by atoms with Crippen LogP contribution in [0.5, 0.6) is 0 Å². The molecule has 2 aliphatic rings. The van der Waals surface area contributed by atoms with Crippen LogP contribution in [0.4, 0.5) is 0 Å². The molecule has 2 saturated carbocycles. The van der Waals surface area contributed by atoms with Crippen LogP contribution in [0.25, 0.3) is 0 Å². The van der Waals surface area contributed by atoms with Crippen molar-refractivity contribution in [1.82, 2.24) is 9.97 Å². The van der Waals surface area contributed by atoms with Crippen molar-refractivity contribution < 1.29 is 0 Å². The Balaban J connectivity index is 1.98. The quantitative estimate of drug-likeness (QED) is 0.820. The number of rotatable bonds is 2. The van der Waals surface area contributed by atoms with Gasteiger partial charge < -0.3 is 4.98 Å². The summed E-state index contributed by atoms with van der Waals surface area (Å²) < 4.78 is 0.821. The second-order valence-corrected chi connectivity index (χ2v) is 6.69. The summed E-state index contributed by atoms with van der Waals surface area (Å²) in [5.74, 6) is 1.98. The SMILES string of the molecule is O=c1[nH]c(C2CCCC2)nc(C2CCCC2)c1I. The first-order valence-corrected chi connectivity index (χ1v) is 8.13. The summed E-state index contributed by atoms with van der Waals surface area (Å²) in [6.45, 7) is 0. The average molecular weight is 358 g/mol. The third kappa shape index (κ3) is 2.36. The molecule has 3 nitrogen and oxygen atoms in total. The van der Waals surface area contributed by atoms with Crippen LogP contribution in [0, 0.1) is 3.57 Å². The number of aromatic nitrogens is 2. The normalized spacial score (nSPS) is 21.8. The minimum Gasteiger partial charge on any atom is -0.309 e. The van der Waals surface area contributed by atoms with Crippen molar-refractivity contribution in [1.29, 1.82) is 0 Å². The summed E-state index contributed by atoms with van der Waals surface area (Å²) >= 11 is 2.17. The first kappa shape index (κ1) is 12.6. The molecular formula is C14H19IN2O. The molecule has 98 valence electrons. The lowest BCUT2D eigenvalue weighted by Gasteiger charge is -2.14. The van der Waals surface area contributed by atoms with Gasteiger partial charge in [-0.05, 0) is 48.3 Å². The summed E-state index contributed by atoms with van der Waals surface area (Å²) in [4.78, 5) is 19.9. The van der Waals surface area contributed by atoms with Crippen LogP contribution in [0.1, 0.15) is 74.7 Å². The average Bonchev–Trinajstić information content (AvgIpc) is 3.03. The molecule has 0 unspecified atom stereocenters. The van der Waals surface area contributed by atoms with E-state index in [9.17, 15) is 4.79 Å². The molecule has 0 aromatic carbocycles. The van der Waals surface area contributed by atoms with E-state index >= 15 is 0 Å². The van der Waals surface area contributed by atoms with Crippen molar-refractivity contribution in [2.24, 2.45) is 0 Å². The number of aromatic amines is 1. The molecule has 0 spiro atoms. The van der Waals surface area contributed by atoms with Crippen LogP contribution in [-0.2, 0) is 0 Å². The molecule has 2 aliphatic carbocycles. The van der Waals surface area contributed by atoms with Gasteiger partial charge in [0, 0.05) is 11.8 Å². The molecule has 1 N–H and O–H groups in total. The molecule has 4 heteroatoms. The first-order chi connectivity index (χ1) is 8.75. The number of hydrogen-bond donors (Lipinski definition) is 1. The van der Waals surface area contributed by atoms with Crippen LogP contribution >= 0.6 is 22.6 Å². The smallest absolute Gasteiger partial charge is 0.264 e. The molecule has 0 radical (unpaired) electrons. The van der Waals surface area contributed by atoms with E-state index in [4.69, 9.17) is 4.98 Å². The van der Waals surface area contributed by atoms with E-state index < -0.39 is 0 Å². The molecule has 0 saturated heterocycles. The highest BCUT2D eigenvalue weighted by Crippen LogP contribution is 2.36. The molecular weight excluding hydrogens is 339 g/mol. The Bertz CT molecular complexity index is 485. The molecule has 0 bridgehead atoms. The van der Waals surface area contributed by atoms with Crippen LogP contribution < -0.4 is 5.56 Å². The summed E-state index contributed by atoms with van der Waals surface area (Å²) in [6, 6.07) is 0. The van der Waals surface area contributed by atoms with E-state index in [0.717, 1.165) is 15.1 Å². The lowest BCUT2D eigenvalue weighted by Crippen LogP contribution is -2.20. The zero-order chi connectivity index (χ0) is 12.5. The minimum atomic E-state index is 0.0781. The lowest BCUT2D eigenvalue weighted by molar-refractivity contribution is 0.624. The zero-order valence-electron chi connectivity index (χ0n) is 10.5.